The maximum absolute atomic E-state index is 3.43. The molecule has 2 rings (SSSR count). The third kappa shape index (κ3) is 2.66. The molecule has 1 N–H and O–H groups in total. The summed E-state index contributed by atoms with van der Waals surface area (Å²) in [4.78, 5) is 5.04. The Hall–Kier alpha value is -0.120. The van der Waals surface area contributed by atoms with E-state index in [9.17, 15) is 0 Å². The van der Waals surface area contributed by atoms with Crippen LogP contribution in [0.5, 0.6) is 0 Å². The lowest BCUT2D eigenvalue weighted by Crippen LogP contribution is -2.46. The lowest BCUT2D eigenvalue weighted by Gasteiger charge is -2.33. The number of rotatable bonds is 2. The minimum absolute atomic E-state index is 0.920. The fourth-order valence-corrected chi connectivity index (χ4v) is 2.27. The van der Waals surface area contributed by atoms with Crippen LogP contribution in [0.4, 0.5) is 0 Å². The summed E-state index contributed by atoms with van der Waals surface area (Å²) in [5, 5.41) is 3.43. The van der Waals surface area contributed by atoms with E-state index in [-0.39, 0.29) is 0 Å². The first-order valence-corrected chi connectivity index (χ1v) is 5.46. The molecule has 2 heterocycles. The van der Waals surface area contributed by atoms with Gasteiger partial charge in [-0.3, -0.25) is 0 Å². The Morgan fingerprint density at radius 3 is 2.62 bits per heavy atom. The number of hydrogen-bond donors (Lipinski definition) is 1. The van der Waals surface area contributed by atoms with Gasteiger partial charge in [-0.2, -0.15) is 0 Å². The van der Waals surface area contributed by atoms with Gasteiger partial charge in [-0.15, -0.1) is 0 Å². The van der Waals surface area contributed by atoms with Gasteiger partial charge in [0, 0.05) is 32.7 Å². The van der Waals surface area contributed by atoms with Crippen LogP contribution in [-0.2, 0) is 0 Å². The Kier molecular flexibility index (Phi) is 3.19. The number of piperazine rings is 1. The molecule has 2 saturated heterocycles. The van der Waals surface area contributed by atoms with E-state index >= 15 is 0 Å². The predicted octanol–water partition coefficient (Wildman–Crippen LogP) is -0.157. The topological polar surface area (TPSA) is 18.5 Å². The molecular formula is C10H21N3. The van der Waals surface area contributed by atoms with Crippen LogP contribution in [0.1, 0.15) is 6.42 Å². The summed E-state index contributed by atoms with van der Waals surface area (Å²) < 4.78 is 0. The molecule has 13 heavy (non-hydrogen) atoms. The predicted molar refractivity (Wildman–Crippen MR) is 54.9 cm³/mol. The molecule has 3 nitrogen and oxygen atoms in total. The van der Waals surface area contributed by atoms with E-state index in [0.29, 0.717) is 0 Å². The van der Waals surface area contributed by atoms with Gasteiger partial charge < -0.3 is 15.1 Å². The van der Waals surface area contributed by atoms with Gasteiger partial charge in [0.15, 0.2) is 0 Å². The van der Waals surface area contributed by atoms with E-state index in [4.69, 9.17) is 0 Å². The molecule has 0 spiro atoms. The van der Waals surface area contributed by atoms with Crippen molar-refractivity contribution in [2.24, 2.45) is 5.92 Å². The number of hydrogen-bond acceptors (Lipinski definition) is 3. The van der Waals surface area contributed by atoms with Gasteiger partial charge in [0.1, 0.15) is 0 Å². The Labute approximate surface area is 81.1 Å². The van der Waals surface area contributed by atoms with Crippen LogP contribution in [0.15, 0.2) is 0 Å². The van der Waals surface area contributed by atoms with E-state index in [0.717, 1.165) is 5.92 Å². The van der Waals surface area contributed by atoms with Crippen molar-refractivity contribution in [2.45, 2.75) is 6.42 Å². The number of nitrogens with one attached hydrogen (secondary N) is 1. The van der Waals surface area contributed by atoms with Crippen LogP contribution < -0.4 is 5.32 Å². The average Bonchev–Trinajstić information content (AvgIpc) is 2.62. The molecule has 0 aromatic heterocycles. The zero-order valence-corrected chi connectivity index (χ0v) is 8.63. The van der Waals surface area contributed by atoms with Crippen molar-refractivity contribution >= 4 is 0 Å². The third-order valence-corrected chi connectivity index (χ3v) is 3.27. The van der Waals surface area contributed by atoms with E-state index in [1.807, 2.05) is 0 Å². The lowest BCUT2D eigenvalue weighted by molar-refractivity contribution is 0.139. The molecule has 0 aromatic carbocycles. The van der Waals surface area contributed by atoms with Crippen LogP contribution in [0.25, 0.3) is 0 Å². The maximum Gasteiger partial charge on any atom is 0.0110 e. The average molecular weight is 183 g/mol. The Morgan fingerprint density at radius 1 is 1.23 bits per heavy atom. The smallest absolute Gasteiger partial charge is 0.0110 e. The van der Waals surface area contributed by atoms with Crippen LogP contribution in [0, 0.1) is 5.92 Å². The van der Waals surface area contributed by atoms with Crippen molar-refractivity contribution < 1.29 is 0 Å². The first kappa shape index (κ1) is 9.44. The van der Waals surface area contributed by atoms with Crippen molar-refractivity contribution in [3.63, 3.8) is 0 Å². The van der Waals surface area contributed by atoms with Crippen LogP contribution in [0.3, 0.4) is 0 Å². The Morgan fingerprint density at radius 2 is 2.00 bits per heavy atom. The summed E-state index contributed by atoms with van der Waals surface area (Å²) >= 11 is 0. The van der Waals surface area contributed by atoms with Gasteiger partial charge in [0.2, 0.25) is 0 Å². The highest BCUT2D eigenvalue weighted by Crippen LogP contribution is 2.10. The molecule has 3 heteroatoms. The van der Waals surface area contributed by atoms with Crippen molar-refractivity contribution in [2.75, 3.05) is 52.9 Å². The molecule has 0 aromatic rings. The summed E-state index contributed by atoms with van der Waals surface area (Å²) in [6.07, 6.45) is 1.38. The van der Waals surface area contributed by atoms with Gasteiger partial charge >= 0.3 is 0 Å². The summed E-state index contributed by atoms with van der Waals surface area (Å²) in [7, 11) is 2.22. The summed E-state index contributed by atoms with van der Waals surface area (Å²) in [5.74, 6) is 0.920. The molecule has 2 aliphatic heterocycles. The standard InChI is InChI=1S/C10H21N3/c1-12-4-6-13(7-5-12)9-10-2-3-11-8-10/h10-11H,2-9H2,1H3/t10-/m1/s1. The zero-order valence-electron chi connectivity index (χ0n) is 8.63. The fraction of sp³-hybridized carbons (Fsp3) is 1.00. The highest BCUT2D eigenvalue weighted by molar-refractivity contribution is 4.77. The first-order chi connectivity index (χ1) is 6.34. The fourth-order valence-electron chi connectivity index (χ4n) is 2.27. The van der Waals surface area contributed by atoms with Gasteiger partial charge in [0.05, 0.1) is 0 Å². The molecule has 76 valence electrons. The normalized spacial score (nSPS) is 32.5. The van der Waals surface area contributed by atoms with Gasteiger partial charge in [-0.1, -0.05) is 0 Å². The second-order valence-electron chi connectivity index (χ2n) is 4.46. The van der Waals surface area contributed by atoms with E-state index in [2.05, 4.69) is 22.2 Å². The minimum atomic E-state index is 0.920. The van der Waals surface area contributed by atoms with E-state index in [1.54, 1.807) is 0 Å². The largest absolute Gasteiger partial charge is 0.316 e. The van der Waals surface area contributed by atoms with Gasteiger partial charge in [0.25, 0.3) is 0 Å². The highest BCUT2D eigenvalue weighted by atomic mass is 15.2. The molecule has 2 fully saturated rings. The Bertz CT molecular complexity index is 146. The van der Waals surface area contributed by atoms with Gasteiger partial charge in [-0.05, 0) is 32.5 Å². The molecule has 0 aliphatic carbocycles. The second-order valence-corrected chi connectivity index (χ2v) is 4.46. The van der Waals surface area contributed by atoms with Crippen molar-refractivity contribution in [1.29, 1.82) is 0 Å². The lowest BCUT2D eigenvalue weighted by atomic mass is 10.1. The van der Waals surface area contributed by atoms with E-state index in [1.165, 1.54) is 52.2 Å². The maximum atomic E-state index is 3.43. The van der Waals surface area contributed by atoms with Crippen molar-refractivity contribution in [3.05, 3.63) is 0 Å². The molecule has 0 amide bonds. The molecule has 0 saturated carbocycles. The first-order valence-electron chi connectivity index (χ1n) is 5.46. The van der Waals surface area contributed by atoms with Crippen LogP contribution >= 0.6 is 0 Å². The molecule has 1 atom stereocenters. The van der Waals surface area contributed by atoms with Crippen LogP contribution in [0.2, 0.25) is 0 Å². The third-order valence-electron chi connectivity index (χ3n) is 3.27. The Balaban J connectivity index is 1.69. The second kappa shape index (κ2) is 4.40. The summed E-state index contributed by atoms with van der Waals surface area (Å²) in [6.45, 7) is 8.84. The highest BCUT2D eigenvalue weighted by Gasteiger charge is 2.20. The zero-order chi connectivity index (χ0) is 9.10. The van der Waals surface area contributed by atoms with Crippen LogP contribution in [-0.4, -0.2) is 62.7 Å². The SMILES string of the molecule is CN1CCN(C[C@@H]2CCNC2)CC1. The summed E-state index contributed by atoms with van der Waals surface area (Å²) in [6, 6.07) is 0. The molecule has 2 aliphatic rings. The van der Waals surface area contributed by atoms with E-state index < -0.39 is 0 Å². The monoisotopic (exact) mass is 183 g/mol. The van der Waals surface area contributed by atoms with Crippen molar-refractivity contribution in [3.8, 4) is 0 Å². The number of nitrogens with zero attached hydrogens (tertiary/aromatic N) is 2. The van der Waals surface area contributed by atoms with Crippen molar-refractivity contribution in [1.82, 2.24) is 15.1 Å². The van der Waals surface area contributed by atoms with Gasteiger partial charge in [-0.25, -0.2) is 0 Å². The summed E-state index contributed by atoms with van der Waals surface area (Å²) in [5.41, 5.74) is 0. The molecule has 0 bridgehead atoms. The molecule has 0 unspecified atom stereocenters. The quantitative estimate of drug-likeness (QED) is 0.642. The number of likely N-dealkylation sites (N-methyl/N-ethyl adjacent to an activating group) is 1. The molecular weight excluding hydrogens is 162 g/mol. The minimum Gasteiger partial charge on any atom is -0.316 e. The molecule has 0 radical (unpaired) electrons.